The second kappa shape index (κ2) is 10.8. The lowest BCUT2D eigenvalue weighted by Crippen LogP contribution is -2.30. The van der Waals surface area contributed by atoms with Gasteiger partial charge >= 0.3 is 5.97 Å². The number of nitrogens with one attached hydrogen (secondary N) is 1. The van der Waals surface area contributed by atoms with Crippen LogP contribution in [0.1, 0.15) is 33.3 Å². The Morgan fingerprint density at radius 1 is 1.19 bits per heavy atom. The second-order valence-corrected chi connectivity index (χ2v) is 5.53. The highest BCUT2D eigenvalue weighted by Crippen LogP contribution is 2.29. The van der Waals surface area contributed by atoms with Crippen LogP contribution in [-0.2, 0) is 14.3 Å². The molecule has 0 saturated heterocycles. The molecule has 0 heterocycles. The first kappa shape index (κ1) is 21.0. The second-order valence-electron chi connectivity index (χ2n) is 5.53. The first-order chi connectivity index (χ1) is 12.4. The fraction of sp³-hybridized carbons (Fsp3) is 0.421. The van der Waals surface area contributed by atoms with Gasteiger partial charge in [-0.1, -0.05) is 6.07 Å². The summed E-state index contributed by atoms with van der Waals surface area (Å²) in [5.41, 5.74) is 0.591. The standard InChI is InChI=1S/C19H24N2O5/c1-5-24-17-10-14(9-15(11-20)19(23)21-13(3)4)7-8-16(17)26-12-18(22)25-6-2/h7-10,13H,5-6,12H2,1-4H3,(H,21,23)/b15-9-. The van der Waals surface area contributed by atoms with Gasteiger partial charge in [0.2, 0.25) is 0 Å². The number of benzene rings is 1. The highest BCUT2D eigenvalue weighted by molar-refractivity contribution is 6.01. The van der Waals surface area contributed by atoms with Crippen molar-refractivity contribution in [3.8, 4) is 17.6 Å². The number of hydrogen-bond donors (Lipinski definition) is 1. The van der Waals surface area contributed by atoms with Gasteiger partial charge in [-0.3, -0.25) is 4.79 Å². The van der Waals surface area contributed by atoms with Crippen LogP contribution in [0.15, 0.2) is 23.8 Å². The lowest BCUT2D eigenvalue weighted by molar-refractivity contribution is -0.145. The summed E-state index contributed by atoms with van der Waals surface area (Å²) in [5, 5.41) is 11.9. The lowest BCUT2D eigenvalue weighted by atomic mass is 10.1. The van der Waals surface area contributed by atoms with Crippen molar-refractivity contribution in [1.29, 1.82) is 5.26 Å². The van der Waals surface area contributed by atoms with Crippen molar-refractivity contribution in [1.82, 2.24) is 5.32 Å². The average Bonchev–Trinajstić information content (AvgIpc) is 2.58. The molecule has 7 heteroatoms. The number of ether oxygens (including phenoxy) is 3. The van der Waals surface area contributed by atoms with E-state index in [9.17, 15) is 14.9 Å². The normalized spacial score (nSPS) is 10.8. The van der Waals surface area contributed by atoms with Gasteiger partial charge in [-0.05, 0) is 51.5 Å². The monoisotopic (exact) mass is 360 g/mol. The third-order valence-electron chi connectivity index (χ3n) is 3.01. The van der Waals surface area contributed by atoms with E-state index in [1.54, 1.807) is 25.1 Å². The third kappa shape index (κ3) is 6.85. The maximum absolute atomic E-state index is 12.0. The van der Waals surface area contributed by atoms with Crippen molar-refractivity contribution in [3.05, 3.63) is 29.3 Å². The zero-order valence-electron chi connectivity index (χ0n) is 15.5. The van der Waals surface area contributed by atoms with Crippen molar-refractivity contribution < 1.29 is 23.8 Å². The fourth-order valence-electron chi connectivity index (χ4n) is 2.00. The van der Waals surface area contributed by atoms with Gasteiger partial charge in [0.1, 0.15) is 11.6 Å². The summed E-state index contributed by atoms with van der Waals surface area (Å²) in [5.74, 6) is -0.131. The Morgan fingerprint density at radius 3 is 2.50 bits per heavy atom. The van der Waals surface area contributed by atoms with E-state index in [1.165, 1.54) is 6.08 Å². The number of nitriles is 1. The van der Waals surface area contributed by atoms with Gasteiger partial charge in [0.05, 0.1) is 13.2 Å². The number of amides is 1. The largest absolute Gasteiger partial charge is 0.490 e. The predicted octanol–water partition coefficient (Wildman–Crippen LogP) is 2.46. The van der Waals surface area contributed by atoms with Crippen molar-refractivity contribution >= 4 is 18.0 Å². The molecule has 140 valence electrons. The topological polar surface area (TPSA) is 97.7 Å². The highest BCUT2D eigenvalue weighted by Gasteiger charge is 2.12. The molecule has 0 atom stereocenters. The van der Waals surface area contributed by atoms with E-state index in [2.05, 4.69) is 5.32 Å². The Balaban J connectivity index is 3.02. The Hall–Kier alpha value is -3.01. The molecule has 0 aliphatic rings. The summed E-state index contributed by atoms with van der Waals surface area (Å²) in [6, 6.07) is 6.75. The van der Waals surface area contributed by atoms with Gasteiger partial charge in [-0.25, -0.2) is 4.79 Å². The van der Waals surface area contributed by atoms with Gasteiger partial charge < -0.3 is 19.5 Å². The van der Waals surface area contributed by atoms with Crippen LogP contribution in [0.5, 0.6) is 11.5 Å². The number of nitrogens with zero attached hydrogens (tertiary/aromatic N) is 1. The molecule has 1 N–H and O–H groups in total. The Labute approximate surface area is 153 Å². The van der Waals surface area contributed by atoms with Crippen molar-refractivity contribution in [3.63, 3.8) is 0 Å². The molecule has 0 radical (unpaired) electrons. The van der Waals surface area contributed by atoms with Crippen molar-refractivity contribution in [2.45, 2.75) is 33.7 Å². The molecule has 0 saturated carbocycles. The number of esters is 1. The summed E-state index contributed by atoms with van der Waals surface area (Å²) in [7, 11) is 0. The number of hydrogen-bond acceptors (Lipinski definition) is 6. The zero-order valence-corrected chi connectivity index (χ0v) is 15.5. The summed E-state index contributed by atoms with van der Waals surface area (Å²) in [6.45, 7) is 7.59. The smallest absolute Gasteiger partial charge is 0.344 e. The Kier molecular flexibility index (Phi) is 8.71. The Bertz CT molecular complexity index is 704. The summed E-state index contributed by atoms with van der Waals surface area (Å²) >= 11 is 0. The maximum Gasteiger partial charge on any atom is 0.344 e. The van der Waals surface area contributed by atoms with E-state index in [4.69, 9.17) is 14.2 Å². The van der Waals surface area contributed by atoms with Gasteiger partial charge in [-0.2, -0.15) is 5.26 Å². The van der Waals surface area contributed by atoms with Crippen LogP contribution in [0.25, 0.3) is 6.08 Å². The molecule has 0 unspecified atom stereocenters. The number of rotatable bonds is 9. The van der Waals surface area contributed by atoms with Gasteiger partial charge in [0, 0.05) is 6.04 Å². The fourth-order valence-corrected chi connectivity index (χ4v) is 2.00. The van der Waals surface area contributed by atoms with E-state index >= 15 is 0 Å². The van der Waals surface area contributed by atoms with Crippen LogP contribution in [0.4, 0.5) is 0 Å². The number of carbonyl (C=O) groups excluding carboxylic acids is 2. The SMILES string of the molecule is CCOC(=O)COc1ccc(/C=C(/C#N)C(=O)NC(C)C)cc1OCC. The molecule has 0 aliphatic carbocycles. The molecule has 0 spiro atoms. The minimum absolute atomic E-state index is 0.0126. The number of carbonyl (C=O) groups is 2. The highest BCUT2D eigenvalue weighted by atomic mass is 16.6. The Morgan fingerprint density at radius 2 is 1.92 bits per heavy atom. The molecule has 0 aliphatic heterocycles. The van der Waals surface area contributed by atoms with E-state index in [1.807, 2.05) is 26.8 Å². The van der Waals surface area contributed by atoms with Gasteiger partial charge in [0.15, 0.2) is 18.1 Å². The van der Waals surface area contributed by atoms with Crippen LogP contribution in [0.3, 0.4) is 0 Å². The molecule has 0 fully saturated rings. The molecule has 1 amide bonds. The quantitative estimate of drug-likeness (QED) is 0.413. The first-order valence-electron chi connectivity index (χ1n) is 8.39. The average molecular weight is 360 g/mol. The van der Waals surface area contributed by atoms with E-state index in [0.29, 0.717) is 23.7 Å². The molecule has 7 nitrogen and oxygen atoms in total. The van der Waals surface area contributed by atoms with Crippen LogP contribution in [-0.4, -0.2) is 37.7 Å². The molecule has 26 heavy (non-hydrogen) atoms. The lowest BCUT2D eigenvalue weighted by Gasteiger charge is -2.12. The maximum atomic E-state index is 12.0. The summed E-state index contributed by atoms with van der Waals surface area (Å²) in [6.07, 6.45) is 1.47. The van der Waals surface area contributed by atoms with E-state index in [-0.39, 0.29) is 24.8 Å². The summed E-state index contributed by atoms with van der Waals surface area (Å²) in [4.78, 5) is 23.4. The molecule has 1 rings (SSSR count). The van der Waals surface area contributed by atoms with Crippen molar-refractivity contribution in [2.24, 2.45) is 0 Å². The zero-order chi connectivity index (χ0) is 19.5. The van der Waals surface area contributed by atoms with E-state index < -0.39 is 11.9 Å². The molecule has 1 aromatic rings. The molecule has 0 aromatic heterocycles. The molecule has 1 aromatic carbocycles. The first-order valence-corrected chi connectivity index (χ1v) is 8.39. The minimum atomic E-state index is -0.476. The summed E-state index contributed by atoms with van der Waals surface area (Å²) < 4.78 is 15.8. The van der Waals surface area contributed by atoms with Crippen LogP contribution >= 0.6 is 0 Å². The van der Waals surface area contributed by atoms with Crippen LogP contribution < -0.4 is 14.8 Å². The van der Waals surface area contributed by atoms with Crippen LogP contribution in [0, 0.1) is 11.3 Å². The minimum Gasteiger partial charge on any atom is -0.490 e. The van der Waals surface area contributed by atoms with Gasteiger partial charge in [0.25, 0.3) is 5.91 Å². The van der Waals surface area contributed by atoms with Gasteiger partial charge in [-0.15, -0.1) is 0 Å². The van der Waals surface area contributed by atoms with E-state index in [0.717, 1.165) is 0 Å². The molecular weight excluding hydrogens is 336 g/mol. The molecular formula is C19H24N2O5. The third-order valence-corrected chi connectivity index (χ3v) is 3.01. The predicted molar refractivity (Wildman–Crippen MR) is 96.6 cm³/mol. The van der Waals surface area contributed by atoms with Crippen LogP contribution in [0.2, 0.25) is 0 Å². The van der Waals surface area contributed by atoms with Crippen molar-refractivity contribution in [2.75, 3.05) is 19.8 Å². The molecule has 0 bridgehead atoms.